The van der Waals surface area contributed by atoms with Crippen molar-refractivity contribution in [3.8, 4) is 0 Å². The van der Waals surface area contributed by atoms with Crippen LogP contribution in [0.5, 0.6) is 0 Å². The lowest BCUT2D eigenvalue weighted by molar-refractivity contribution is -0.143. The summed E-state index contributed by atoms with van der Waals surface area (Å²) < 4.78 is 0. The predicted octanol–water partition coefficient (Wildman–Crippen LogP) is 1.03. The third-order valence-electron chi connectivity index (χ3n) is 5.55. The third kappa shape index (κ3) is 2.42. The Balaban J connectivity index is 1.40. The van der Waals surface area contributed by atoms with E-state index in [-0.39, 0.29) is 17.9 Å². The van der Waals surface area contributed by atoms with Gasteiger partial charge in [-0.2, -0.15) is 0 Å². The summed E-state index contributed by atoms with van der Waals surface area (Å²) in [5.74, 6) is 0.349. The highest BCUT2D eigenvalue weighted by atomic mass is 16.3. The quantitative estimate of drug-likeness (QED) is 0.906. The van der Waals surface area contributed by atoms with Crippen molar-refractivity contribution in [2.75, 3.05) is 13.1 Å². The van der Waals surface area contributed by atoms with Crippen LogP contribution in [0.15, 0.2) is 24.5 Å². The molecule has 5 heteroatoms. The minimum atomic E-state index is -0.252. The number of rotatable bonds is 3. The van der Waals surface area contributed by atoms with E-state index in [1.54, 1.807) is 6.20 Å². The van der Waals surface area contributed by atoms with E-state index in [9.17, 15) is 9.90 Å². The summed E-state index contributed by atoms with van der Waals surface area (Å²) in [7, 11) is 0. The average molecular weight is 301 g/mol. The van der Waals surface area contributed by atoms with E-state index in [1.165, 1.54) is 5.56 Å². The number of likely N-dealkylation sites (tertiary alicyclic amines) is 2. The van der Waals surface area contributed by atoms with Crippen molar-refractivity contribution in [3.63, 3.8) is 0 Å². The maximum Gasteiger partial charge on any atom is 0.226 e. The first kappa shape index (κ1) is 14.2. The number of aromatic nitrogens is 1. The Morgan fingerprint density at radius 2 is 2.09 bits per heavy atom. The Labute approximate surface area is 130 Å². The summed E-state index contributed by atoms with van der Waals surface area (Å²) >= 11 is 0. The van der Waals surface area contributed by atoms with E-state index in [0.29, 0.717) is 24.9 Å². The summed E-state index contributed by atoms with van der Waals surface area (Å²) in [5, 5.41) is 9.42. The highest BCUT2D eigenvalue weighted by molar-refractivity contribution is 5.80. The van der Waals surface area contributed by atoms with Gasteiger partial charge in [0.05, 0.1) is 6.10 Å². The topological polar surface area (TPSA) is 56.7 Å². The fraction of sp³-hybridized carbons (Fsp3) is 0.647. The molecule has 0 unspecified atom stereocenters. The number of carbonyl (C=O) groups is 1. The first-order valence-corrected chi connectivity index (χ1v) is 8.34. The molecule has 2 atom stereocenters. The van der Waals surface area contributed by atoms with Crippen LogP contribution in [-0.2, 0) is 11.3 Å². The fourth-order valence-corrected chi connectivity index (χ4v) is 4.30. The number of hydrogen-bond acceptors (Lipinski definition) is 4. The minimum Gasteiger partial charge on any atom is -0.393 e. The van der Waals surface area contributed by atoms with E-state index >= 15 is 0 Å². The molecule has 4 rings (SSSR count). The van der Waals surface area contributed by atoms with Crippen LogP contribution in [0.25, 0.3) is 0 Å². The number of pyridine rings is 1. The fourth-order valence-electron chi connectivity index (χ4n) is 4.30. The van der Waals surface area contributed by atoms with Crippen molar-refractivity contribution in [3.05, 3.63) is 30.1 Å². The molecular formula is C17H23N3O2. The van der Waals surface area contributed by atoms with E-state index in [0.717, 1.165) is 32.5 Å². The van der Waals surface area contributed by atoms with Gasteiger partial charge >= 0.3 is 0 Å². The highest BCUT2D eigenvalue weighted by Crippen LogP contribution is 2.36. The van der Waals surface area contributed by atoms with E-state index in [1.807, 2.05) is 12.3 Å². The highest BCUT2D eigenvalue weighted by Gasteiger charge is 2.47. The molecule has 1 aromatic rings. The van der Waals surface area contributed by atoms with Crippen LogP contribution in [0.1, 0.15) is 31.2 Å². The molecule has 2 aliphatic heterocycles. The number of aliphatic hydroxyl groups excluding tert-OH is 1. The number of nitrogens with zero attached hydrogens (tertiary/aromatic N) is 3. The second-order valence-corrected chi connectivity index (χ2v) is 6.90. The Bertz CT molecular complexity index is 544. The van der Waals surface area contributed by atoms with Gasteiger partial charge in [0.1, 0.15) is 0 Å². The van der Waals surface area contributed by atoms with E-state index < -0.39 is 0 Å². The molecule has 1 aliphatic carbocycles. The van der Waals surface area contributed by atoms with Crippen LogP contribution >= 0.6 is 0 Å². The predicted molar refractivity (Wildman–Crippen MR) is 81.9 cm³/mol. The Hall–Kier alpha value is -1.46. The van der Waals surface area contributed by atoms with Gasteiger partial charge in [0.2, 0.25) is 5.91 Å². The summed E-state index contributed by atoms with van der Waals surface area (Å²) in [6.07, 6.45) is 6.95. The van der Waals surface area contributed by atoms with Gasteiger partial charge in [-0.3, -0.25) is 14.7 Å². The van der Waals surface area contributed by atoms with Gasteiger partial charge in [-0.1, -0.05) is 6.07 Å². The van der Waals surface area contributed by atoms with Crippen molar-refractivity contribution < 1.29 is 9.90 Å². The van der Waals surface area contributed by atoms with Crippen molar-refractivity contribution in [1.82, 2.24) is 14.8 Å². The third-order valence-corrected chi connectivity index (χ3v) is 5.55. The molecule has 0 spiro atoms. The van der Waals surface area contributed by atoms with Gasteiger partial charge in [-0.15, -0.1) is 0 Å². The van der Waals surface area contributed by atoms with Gasteiger partial charge in [-0.25, -0.2) is 0 Å². The normalized spacial score (nSPS) is 34.5. The first-order chi connectivity index (χ1) is 10.7. The molecular weight excluding hydrogens is 278 g/mol. The molecule has 1 saturated carbocycles. The van der Waals surface area contributed by atoms with Gasteiger partial charge in [0, 0.05) is 50.0 Å². The van der Waals surface area contributed by atoms with Gasteiger partial charge in [-0.05, 0) is 37.3 Å². The van der Waals surface area contributed by atoms with Gasteiger partial charge in [0.25, 0.3) is 0 Å². The molecule has 0 bridgehead atoms. The van der Waals surface area contributed by atoms with Crippen LogP contribution in [0.2, 0.25) is 0 Å². The molecule has 118 valence electrons. The maximum atomic E-state index is 12.6. The number of hydrogen-bond donors (Lipinski definition) is 1. The van der Waals surface area contributed by atoms with Gasteiger partial charge in [0.15, 0.2) is 0 Å². The summed E-state index contributed by atoms with van der Waals surface area (Å²) in [6.45, 7) is 2.87. The van der Waals surface area contributed by atoms with Crippen LogP contribution in [0, 0.1) is 5.92 Å². The smallest absolute Gasteiger partial charge is 0.226 e. The SMILES string of the molecule is O=C(C1CC(O)C1)N1CC[C@H]2[C@H]1CCN2Cc1cccnc1. The zero-order chi connectivity index (χ0) is 15.1. The minimum absolute atomic E-state index is 0.0705. The zero-order valence-corrected chi connectivity index (χ0v) is 12.8. The number of carbonyl (C=O) groups excluding carboxylic acids is 1. The maximum absolute atomic E-state index is 12.6. The Morgan fingerprint density at radius 3 is 2.82 bits per heavy atom. The van der Waals surface area contributed by atoms with Crippen LogP contribution in [-0.4, -0.2) is 57.1 Å². The zero-order valence-electron chi connectivity index (χ0n) is 12.8. The second kappa shape index (κ2) is 5.63. The molecule has 3 heterocycles. The molecule has 1 N–H and O–H groups in total. The summed E-state index contributed by atoms with van der Waals surface area (Å²) in [6, 6.07) is 4.97. The van der Waals surface area contributed by atoms with E-state index in [4.69, 9.17) is 0 Å². The van der Waals surface area contributed by atoms with Crippen molar-refractivity contribution in [2.45, 2.75) is 50.4 Å². The Kier molecular flexibility index (Phi) is 3.62. The van der Waals surface area contributed by atoms with Gasteiger partial charge < -0.3 is 10.0 Å². The van der Waals surface area contributed by atoms with Crippen molar-refractivity contribution in [2.24, 2.45) is 5.92 Å². The molecule has 22 heavy (non-hydrogen) atoms. The second-order valence-electron chi connectivity index (χ2n) is 6.90. The van der Waals surface area contributed by atoms with Crippen LogP contribution < -0.4 is 0 Å². The van der Waals surface area contributed by atoms with Crippen LogP contribution in [0.4, 0.5) is 0 Å². The standard InChI is InChI=1S/C17H23N3O2/c21-14-8-13(9-14)17(22)20-7-4-15-16(20)3-6-19(15)11-12-2-1-5-18-10-12/h1-2,5,10,13-16,21H,3-4,6-9,11H2/t13?,14?,15-,16+/m0/s1. The lowest BCUT2D eigenvalue weighted by Gasteiger charge is -2.35. The monoisotopic (exact) mass is 301 g/mol. The average Bonchev–Trinajstić information content (AvgIpc) is 3.07. The molecule has 3 aliphatic rings. The lowest BCUT2D eigenvalue weighted by Crippen LogP contribution is -2.46. The molecule has 2 saturated heterocycles. The molecule has 1 aromatic heterocycles. The molecule has 1 amide bonds. The number of fused-ring (bicyclic) bond motifs is 1. The molecule has 0 radical (unpaired) electrons. The first-order valence-electron chi connectivity index (χ1n) is 8.34. The van der Waals surface area contributed by atoms with Crippen molar-refractivity contribution >= 4 is 5.91 Å². The summed E-state index contributed by atoms with van der Waals surface area (Å²) in [4.78, 5) is 21.4. The lowest BCUT2D eigenvalue weighted by atomic mass is 9.81. The molecule has 0 aromatic carbocycles. The van der Waals surface area contributed by atoms with Crippen molar-refractivity contribution in [1.29, 1.82) is 0 Å². The van der Waals surface area contributed by atoms with Crippen LogP contribution in [0.3, 0.4) is 0 Å². The largest absolute Gasteiger partial charge is 0.393 e. The number of amides is 1. The molecule has 3 fully saturated rings. The summed E-state index contributed by atoms with van der Waals surface area (Å²) in [5.41, 5.74) is 1.25. The molecule has 5 nitrogen and oxygen atoms in total. The Morgan fingerprint density at radius 1 is 1.27 bits per heavy atom. The number of aliphatic hydroxyl groups is 1. The van der Waals surface area contributed by atoms with E-state index in [2.05, 4.69) is 20.9 Å².